The summed E-state index contributed by atoms with van der Waals surface area (Å²) < 4.78 is 0. The Balaban J connectivity index is 2.05. The van der Waals surface area contributed by atoms with E-state index in [0.29, 0.717) is 6.54 Å². The minimum absolute atomic E-state index is 0.670. The maximum atomic E-state index is 5.84. The van der Waals surface area contributed by atoms with Crippen molar-refractivity contribution in [1.82, 2.24) is 9.97 Å². The summed E-state index contributed by atoms with van der Waals surface area (Å²) in [7, 11) is 0. The van der Waals surface area contributed by atoms with E-state index < -0.39 is 0 Å². The standard InChI is InChI=1S/C12H14N4/c1-9-14-7-6-12(16-9)15-8-10-4-2-3-5-11(10)13/h2-7H,8,13H2,1H3,(H,14,15,16). The molecule has 0 aliphatic heterocycles. The number of nitrogens with zero attached hydrogens (tertiary/aromatic N) is 2. The molecule has 82 valence electrons. The zero-order chi connectivity index (χ0) is 11.4. The van der Waals surface area contributed by atoms with Crippen molar-refractivity contribution in [3.63, 3.8) is 0 Å². The van der Waals surface area contributed by atoms with Gasteiger partial charge < -0.3 is 11.1 Å². The summed E-state index contributed by atoms with van der Waals surface area (Å²) in [6, 6.07) is 9.62. The molecular weight excluding hydrogens is 200 g/mol. The van der Waals surface area contributed by atoms with E-state index in [1.807, 2.05) is 37.3 Å². The number of hydrogen-bond donors (Lipinski definition) is 2. The lowest BCUT2D eigenvalue weighted by Crippen LogP contribution is -2.04. The maximum absolute atomic E-state index is 5.84. The Morgan fingerprint density at radius 2 is 2.06 bits per heavy atom. The van der Waals surface area contributed by atoms with Gasteiger partial charge in [-0.05, 0) is 24.6 Å². The first-order valence-electron chi connectivity index (χ1n) is 5.12. The minimum atomic E-state index is 0.670. The van der Waals surface area contributed by atoms with Gasteiger partial charge in [-0.3, -0.25) is 0 Å². The number of rotatable bonds is 3. The summed E-state index contributed by atoms with van der Waals surface area (Å²) in [5.74, 6) is 1.57. The van der Waals surface area contributed by atoms with Gasteiger partial charge >= 0.3 is 0 Å². The fourth-order valence-electron chi connectivity index (χ4n) is 1.44. The molecule has 0 spiro atoms. The Hall–Kier alpha value is -2.10. The third kappa shape index (κ3) is 2.48. The molecule has 0 aliphatic rings. The summed E-state index contributed by atoms with van der Waals surface area (Å²) in [5.41, 5.74) is 7.70. The van der Waals surface area contributed by atoms with E-state index in [9.17, 15) is 0 Å². The van der Waals surface area contributed by atoms with Crippen molar-refractivity contribution in [2.24, 2.45) is 0 Å². The molecule has 0 aliphatic carbocycles. The van der Waals surface area contributed by atoms with E-state index >= 15 is 0 Å². The van der Waals surface area contributed by atoms with Crippen LogP contribution in [0.15, 0.2) is 36.5 Å². The van der Waals surface area contributed by atoms with E-state index in [4.69, 9.17) is 5.73 Å². The normalized spacial score (nSPS) is 10.1. The molecule has 2 aromatic rings. The molecule has 16 heavy (non-hydrogen) atoms. The van der Waals surface area contributed by atoms with Gasteiger partial charge in [-0.25, -0.2) is 9.97 Å². The highest BCUT2D eigenvalue weighted by Gasteiger charge is 1.98. The van der Waals surface area contributed by atoms with Crippen molar-refractivity contribution in [3.05, 3.63) is 47.9 Å². The van der Waals surface area contributed by atoms with Gasteiger partial charge in [-0.1, -0.05) is 18.2 Å². The highest BCUT2D eigenvalue weighted by atomic mass is 15.0. The lowest BCUT2D eigenvalue weighted by Gasteiger charge is -2.07. The third-order valence-corrected chi connectivity index (χ3v) is 2.29. The van der Waals surface area contributed by atoms with Gasteiger partial charge in [-0.2, -0.15) is 0 Å². The summed E-state index contributed by atoms with van der Waals surface area (Å²) in [4.78, 5) is 8.29. The molecule has 0 unspecified atom stereocenters. The second-order valence-electron chi connectivity index (χ2n) is 3.54. The predicted molar refractivity (Wildman–Crippen MR) is 65.0 cm³/mol. The third-order valence-electron chi connectivity index (χ3n) is 2.29. The van der Waals surface area contributed by atoms with E-state index in [2.05, 4.69) is 15.3 Å². The first kappa shape index (κ1) is 10.4. The summed E-state index contributed by atoms with van der Waals surface area (Å²) >= 11 is 0. The van der Waals surface area contributed by atoms with Crippen molar-refractivity contribution in [1.29, 1.82) is 0 Å². The maximum Gasteiger partial charge on any atom is 0.129 e. The molecule has 3 N–H and O–H groups in total. The van der Waals surface area contributed by atoms with E-state index in [1.54, 1.807) is 6.20 Å². The van der Waals surface area contributed by atoms with Crippen molar-refractivity contribution in [3.8, 4) is 0 Å². The number of para-hydroxylation sites is 1. The fraction of sp³-hybridized carbons (Fsp3) is 0.167. The monoisotopic (exact) mass is 214 g/mol. The van der Waals surface area contributed by atoms with Crippen LogP contribution in [-0.2, 0) is 6.54 Å². The molecule has 1 heterocycles. The molecule has 0 fully saturated rings. The molecule has 1 aromatic carbocycles. The molecule has 0 amide bonds. The molecule has 1 aromatic heterocycles. The van der Waals surface area contributed by atoms with E-state index in [1.165, 1.54) is 0 Å². The number of nitrogens with one attached hydrogen (secondary N) is 1. The second-order valence-corrected chi connectivity index (χ2v) is 3.54. The van der Waals surface area contributed by atoms with Crippen LogP contribution in [-0.4, -0.2) is 9.97 Å². The van der Waals surface area contributed by atoms with Crippen LogP contribution in [0.5, 0.6) is 0 Å². The van der Waals surface area contributed by atoms with Crippen LogP contribution in [0, 0.1) is 6.92 Å². The van der Waals surface area contributed by atoms with E-state index in [0.717, 1.165) is 22.9 Å². The van der Waals surface area contributed by atoms with Gasteiger partial charge in [-0.15, -0.1) is 0 Å². The molecule has 0 radical (unpaired) electrons. The minimum Gasteiger partial charge on any atom is -0.398 e. The molecule has 0 atom stereocenters. The van der Waals surface area contributed by atoms with Crippen LogP contribution in [0.4, 0.5) is 11.5 Å². The lowest BCUT2D eigenvalue weighted by atomic mass is 10.2. The fourth-order valence-corrected chi connectivity index (χ4v) is 1.44. The number of nitrogen functional groups attached to an aromatic ring is 1. The van der Waals surface area contributed by atoms with Crippen LogP contribution >= 0.6 is 0 Å². The van der Waals surface area contributed by atoms with Crippen molar-refractivity contribution < 1.29 is 0 Å². The first-order chi connectivity index (χ1) is 7.75. The molecule has 0 bridgehead atoms. The summed E-state index contributed by atoms with van der Waals surface area (Å²) in [5, 5.41) is 3.21. The number of aryl methyl sites for hydroxylation is 1. The topological polar surface area (TPSA) is 63.8 Å². The smallest absolute Gasteiger partial charge is 0.129 e. The second kappa shape index (κ2) is 4.61. The summed E-state index contributed by atoms with van der Waals surface area (Å²) in [6.45, 7) is 2.53. The molecule has 4 nitrogen and oxygen atoms in total. The van der Waals surface area contributed by atoms with Crippen molar-refractivity contribution in [2.45, 2.75) is 13.5 Å². The number of hydrogen-bond acceptors (Lipinski definition) is 4. The average molecular weight is 214 g/mol. The molecule has 4 heteroatoms. The SMILES string of the molecule is Cc1nccc(NCc2ccccc2N)n1. The van der Waals surface area contributed by atoms with Gasteiger partial charge in [0.25, 0.3) is 0 Å². The van der Waals surface area contributed by atoms with Crippen molar-refractivity contribution >= 4 is 11.5 Å². The number of anilines is 2. The van der Waals surface area contributed by atoms with Gasteiger partial charge in [0.05, 0.1) is 0 Å². The Morgan fingerprint density at radius 1 is 1.25 bits per heavy atom. The Kier molecular flexibility index (Phi) is 3.00. The number of aromatic nitrogens is 2. The Labute approximate surface area is 94.5 Å². The van der Waals surface area contributed by atoms with Crippen molar-refractivity contribution in [2.75, 3.05) is 11.1 Å². The van der Waals surface area contributed by atoms with Gasteiger partial charge in [0.1, 0.15) is 11.6 Å². The molecule has 2 rings (SSSR count). The Bertz CT molecular complexity index is 482. The number of benzene rings is 1. The highest BCUT2D eigenvalue weighted by molar-refractivity contribution is 5.48. The van der Waals surface area contributed by atoms with Gasteiger partial charge in [0, 0.05) is 18.4 Å². The molecule has 0 saturated heterocycles. The zero-order valence-corrected chi connectivity index (χ0v) is 9.14. The molecule has 0 saturated carbocycles. The van der Waals surface area contributed by atoms with Crippen LogP contribution < -0.4 is 11.1 Å². The lowest BCUT2D eigenvalue weighted by molar-refractivity contribution is 1.02. The summed E-state index contributed by atoms with van der Waals surface area (Å²) in [6.07, 6.45) is 1.74. The molecular formula is C12H14N4. The Morgan fingerprint density at radius 3 is 2.81 bits per heavy atom. The average Bonchev–Trinajstić information content (AvgIpc) is 2.28. The van der Waals surface area contributed by atoms with Gasteiger partial charge in [0.2, 0.25) is 0 Å². The number of nitrogens with two attached hydrogens (primary N) is 1. The first-order valence-corrected chi connectivity index (χ1v) is 5.12. The van der Waals surface area contributed by atoms with Crippen LogP contribution in [0.3, 0.4) is 0 Å². The van der Waals surface area contributed by atoms with Crippen LogP contribution in [0.1, 0.15) is 11.4 Å². The zero-order valence-electron chi connectivity index (χ0n) is 9.14. The van der Waals surface area contributed by atoms with E-state index in [-0.39, 0.29) is 0 Å². The highest BCUT2D eigenvalue weighted by Crippen LogP contribution is 2.12. The van der Waals surface area contributed by atoms with Gasteiger partial charge in [0.15, 0.2) is 0 Å². The van der Waals surface area contributed by atoms with Crippen LogP contribution in [0.2, 0.25) is 0 Å². The quantitative estimate of drug-likeness (QED) is 0.767. The van der Waals surface area contributed by atoms with Crippen LogP contribution in [0.25, 0.3) is 0 Å². The predicted octanol–water partition coefficient (Wildman–Crippen LogP) is 1.98. The largest absolute Gasteiger partial charge is 0.398 e.